The number of ketones is 1. The van der Waals surface area contributed by atoms with Crippen LogP contribution in [-0.2, 0) is 14.9 Å². The van der Waals surface area contributed by atoms with Crippen LogP contribution >= 0.6 is 0 Å². The predicted molar refractivity (Wildman–Crippen MR) is 67.5 cm³/mol. The minimum absolute atomic E-state index is 0.192. The number of carboxylic acid groups (broad SMARTS) is 1. The average molecular weight is 286 g/mol. The van der Waals surface area contributed by atoms with E-state index in [1.54, 1.807) is 18.2 Å². The quantitative estimate of drug-likeness (QED) is 0.460. The number of aliphatic carboxylic acids is 1. The fourth-order valence-electron chi connectivity index (χ4n) is 1.82. The third-order valence-electron chi connectivity index (χ3n) is 2.65. The summed E-state index contributed by atoms with van der Waals surface area (Å²) in [7, 11) is -4.33. The van der Waals surface area contributed by atoms with Gasteiger partial charge in [0.1, 0.15) is 5.92 Å². The van der Waals surface area contributed by atoms with Crippen molar-refractivity contribution in [3.05, 3.63) is 35.9 Å². The van der Waals surface area contributed by atoms with Crippen LogP contribution in [0, 0.1) is 11.8 Å². The summed E-state index contributed by atoms with van der Waals surface area (Å²) in [6.07, 6.45) is 0. The minimum atomic E-state index is -4.33. The first-order valence-corrected chi connectivity index (χ1v) is 7.10. The summed E-state index contributed by atoms with van der Waals surface area (Å²) in [6, 6.07) is 7.75. The Balaban J connectivity index is 3.02. The molecule has 7 heteroatoms. The number of hydrogen-bond acceptors (Lipinski definition) is 4. The van der Waals surface area contributed by atoms with E-state index in [0.29, 0.717) is 0 Å². The molecule has 1 aromatic carbocycles. The van der Waals surface area contributed by atoms with Crippen LogP contribution < -0.4 is 0 Å². The maximum absolute atomic E-state index is 12.1. The molecule has 6 nitrogen and oxygen atoms in total. The molecule has 0 amide bonds. The molecule has 2 atom stereocenters. The summed E-state index contributed by atoms with van der Waals surface area (Å²) in [5.74, 6) is -5.40. The Labute approximate surface area is 110 Å². The second kappa shape index (κ2) is 5.94. The number of carboxylic acids is 1. The van der Waals surface area contributed by atoms with Crippen molar-refractivity contribution >= 4 is 21.9 Å². The van der Waals surface area contributed by atoms with Gasteiger partial charge in [-0.2, -0.15) is 8.42 Å². The van der Waals surface area contributed by atoms with Gasteiger partial charge in [-0.1, -0.05) is 37.3 Å². The Bertz CT molecular complexity index is 563. The zero-order chi connectivity index (χ0) is 14.6. The van der Waals surface area contributed by atoms with Gasteiger partial charge >= 0.3 is 5.97 Å². The first-order valence-electron chi connectivity index (χ1n) is 5.49. The highest BCUT2D eigenvalue weighted by atomic mass is 32.2. The van der Waals surface area contributed by atoms with Gasteiger partial charge < -0.3 is 5.11 Å². The lowest BCUT2D eigenvalue weighted by atomic mass is 9.88. The molecule has 1 aromatic rings. The van der Waals surface area contributed by atoms with Gasteiger partial charge in [-0.15, -0.1) is 0 Å². The van der Waals surface area contributed by atoms with Crippen molar-refractivity contribution in [2.45, 2.75) is 6.92 Å². The molecule has 19 heavy (non-hydrogen) atoms. The summed E-state index contributed by atoms with van der Waals surface area (Å²) in [6.45, 7) is 1.30. The molecule has 0 saturated carbocycles. The zero-order valence-electron chi connectivity index (χ0n) is 10.2. The molecule has 0 saturated heterocycles. The normalized spacial score (nSPS) is 14.6. The van der Waals surface area contributed by atoms with Crippen LogP contribution in [0.3, 0.4) is 0 Å². The maximum Gasteiger partial charge on any atom is 0.314 e. The van der Waals surface area contributed by atoms with Crippen molar-refractivity contribution in [3.8, 4) is 0 Å². The van der Waals surface area contributed by atoms with E-state index in [2.05, 4.69) is 0 Å². The molecule has 2 unspecified atom stereocenters. The van der Waals surface area contributed by atoms with Crippen LogP contribution in [0.2, 0.25) is 0 Å². The van der Waals surface area contributed by atoms with Crippen LogP contribution in [0.1, 0.15) is 17.3 Å². The number of hydrogen-bond donors (Lipinski definition) is 2. The summed E-state index contributed by atoms with van der Waals surface area (Å²) in [5, 5.41) is 9.07. The van der Waals surface area contributed by atoms with Crippen LogP contribution in [0.4, 0.5) is 0 Å². The molecule has 0 radical (unpaired) electrons. The summed E-state index contributed by atoms with van der Waals surface area (Å²) in [4.78, 5) is 23.2. The Kier molecular flexibility index (Phi) is 4.79. The van der Waals surface area contributed by atoms with Crippen LogP contribution in [0.15, 0.2) is 30.3 Å². The highest BCUT2D eigenvalue weighted by molar-refractivity contribution is 7.85. The molecule has 0 aliphatic heterocycles. The fraction of sp³-hybridized carbons (Fsp3) is 0.333. The Morgan fingerprint density at radius 2 is 1.74 bits per heavy atom. The molecule has 2 N–H and O–H groups in total. The SMILES string of the molecule is CC(CS(=O)(=O)O)C(C(=O)O)C(=O)c1ccccc1. The monoisotopic (exact) mass is 286 g/mol. The number of Topliss-reactive ketones (excluding diaryl/α,β-unsaturated/α-hetero) is 1. The van der Waals surface area contributed by atoms with Gasteiger partial charge in [0.05, 0.1) is 5.75 Å². The Morgan fingerprint density at radius 3 is 2.16 bits per heavy atom. The Morgan fingerprint density at radius 1 is 1.21 bits per heavy atom. The fourth-order valence-corrected chi connectivity index (χ4v) is 2.68. The largest absolute Gasteiger partial charge is 0.481 e. The summed E-state index contributed by atoms with van der Waals surface area (Å²) >= 11 is 0. The molecular weight excluding hydrogens is 272 g/mol. The van der Waals surface area contributed by atoms with Gasteiger partial charge in [0.2, 0.25) is 0 Å². The van der Waals surface area contributed by atoms with Crippen molar-refractivity contribution in [2.24, 2.45) is 11.8 Å². The van der Waals surface area contributed by atoms with Gasteiger partial charge in [0, 0.05) is 5.56 Å². The van der Waals surface area contributed by atoms with Gasteiger partial charge in [0.15, 0.2) is 5.78 Å². The van der Waals surface area contributed by atoms with Gasteiger partial charge in [0.25, 0.3) is 10.1 Å². The molecule has 0 aliphatic rings. The smallest absolute Gasteiger partial charge is 0.314 e. The van der Waals surface area contributed by atoms with Gasteiger partial charge in [-0.25, -0.2) is 0 Å². The van der Waals surface area contributed by atoms with Crippen LogP contribution in [-0.4, -0.2) is 35.6 Å². The third kappa shape index (κ3) is 4.46. The van der Waals surface area contributed by atoms with E-state index in [1.165, 1.54) is 19.1 Å². The molecule has 1 rings (SSSR count). The van der Waals surface area contributed by atoms with Crippen molar-refractivity contribution < 1.29 is 27.7 Å². The van der Waals surface area contributed by atoms with Crippen molar-refractivity contribution in [1.82, 2.24) is 0 Å². The van der Waals surface area contributed by atoms with Crippen molar-refractivity contribution in [2.75, 3.05) is 5.75 Å². The lowest BCUT2D eigenvalue weighted by molar-refractivity contribution is -0.141. The first-order chi connectivity index (χ1) is 8.72. The average Bonchev–Trinajstić information content (AvgIpc) is 2.27. The van der Waals surface area contributed by atoms with E-state index in [9.17, 15) is 18.0 Å². The Hall–Kier alpha value is -1.73. The molecule has 0 aromatic heterocycles. The highest BCUT2D eigenvalue weighted by Crippen LogP contribution is 2.19. The van der Waals surface area contributed by atoms with Gasteiger partial charge in [-0.05, 0) is 5.92 Å². The molecule has 0 spiro atoms. The molecular formula is C12H14O6S. The number of benzene rings is 1. The number of carbonyl (C=O) groups is 2. The van der Waals surface area contributed by atoms with E-state index >= 15 is 0 Å². The molecule has 0 aliphatic carbocycles. The van der Waals surface area contributed by atoms with E-state index in [4.69, 9.17) is 9.66 Å². The molecule has 0 fully saturated rings. The van der Waals surface area contributed by atoms with Crippen molar-refractivity contribution in [3.63, 3.8) is 0 Å². The van der Waals surface area contributed by atoms with Crippen molar-refractivity contribution in [1.29, 1.82) is 0 Å². The standard InChI is InChI=1S/C12H14O6S/c1-8(7-19(16,17)18)10(12(14)15)11(13)9-5-3-2-4-6-9/h2-6,8,10H,7H2,1H3,(H,14,15)(H,16,17,18). The lowest BCUT2D eigenvalue weighted by Gasteiger charge is -2.17. The highest BCUT2D eigenvalue weighted by Gasteiger charge is 2.34. The second-order valence-corrected chi connectivity index (χ2v) is 5.77. The van der Waals surface area contributed by atoms with E-state index in [1.807, 2.05) is 0 Å². The van der Waals surface area contributed by atoms with E-state index < -0.39 is 39.5 Å². The topological polar surface area (TPSA) is 109 Å². The maximum atomic E-state index is 12.1. The molecule has 104 valence electrons. The van der Waals surface area contributed by atoms with Gasteiger partial charge in [-0.3, -0.25) is 14.1 Å². The first kappa shape index (κ1) is 15.3. The molecule has 0 heterocycles. The van der Waals surface area contributed by atoms with Crippen LogP contribution in [0.5, 0.6) is 0 Å². The lowest BCUT2D eigenvalue weighted by Crippen LogP contribution is -2.33. The van der Waals surface area contributed by atoms with E-state index in [0.717, 1.165) is 0 Å². The summed E-state index contributed by atoms with van der Waals surface area (Å²) < 4.78 is 30.3. The summed E-state index contributed by atoms with van der Waals surface area (Å²) in [5.41, 5.74) is 0.192. The number of rotatable bonds is 6. The third-order valence-corrected chi connectivity index (χ3v) is 3.60. The predicted octanol–water partition coefficient (Wildman–Crippen LogP) is 1.09. The van der Waals surface area contributed by atoms with Crippen LogP contribution in [0.25, 0.3) is 0 Å². The van der Waals surface area contributed by atoms with E-state index in [-0.39, 0.29) is 5.56 Å². The second-order valence-electron chi connectivity index (χ2n) is 4.27. The molecule has 0 bridgehead atoms. The number of carbonyl (C=O) groups excluding carboxylic acids is 1. The zero-order valence-corrected chi connectivity index (χ0v) is 11.0. The minimum Gasteiger partial charge on any atom is -0.481 e.